The molecule has 0 atom stereocenters. The molecule has 0 aliphatic rings. The molecule has 0 N–H and O–H groups in total. The van der Waals surface area contributed by atoms with Crippen LogP contribution in [-0.2, 0) is 10.5 Å². The van der Waals surface area contributed by atoms with E-state index in [1.165, 1.54) is 30.0 Å². The standard InChI is InChI=1S/C15H16N2O2S/c1-10-4-11(2)6-12(5-10)9-20-14-8-16-7-13(17-14)15(18)19-3/h4-8H,9H2,1-3H3. The lowest BCUT2D eigenvalue weighted by atomic mass is 10.1. The van der Waals surface area contributed by atoms with Crippen LogP contribution in [-0.4, -0.2) is 23.0 Å². The van der Waals surface area contributed by atoms with E-state index in [0.717, 1.165) is 5.75 Å². The fraction of sp³-hybridized carbons (Fsp3) is 0.267. The van der Waals surface area contributed by atoms with Crippen LogP contribution in [0, 0.1) is 13.8 Å². The van der Waals surface area contributed by atoms with E-state index >= 15 is 0 Å². The van der Waals surface area contributed by atoms with Gasteiger partial charge in [0.2, 0.25) is 0 Å². The van der Waals surface area contributed by atoms with Gasteiger partial charge in [-0.1, -0.05) is 29.3 Å². The summed E-state index contributed by atoms with van der Waals surface area (Å²) in [6.07, 6.45) is 3.06. The van der Waals surface area contributed by atoms with Gasteiger partial charge in [-0.15, -0.1) is 11.8 Å². The van der Waals surface area contributed by atoms with Gasteiger partial charge in [0.25, 0.3) is 0 Å². The lowest BCUT2D eigenvalue weighted by Gasteiger charge is -2.05. The van der Waals surface area contributed by atoms with Crippen molar-refractivity contribution in [2.75, 3.05) is 7.11 Å². The first-order valence-electron chi connectivity index (χ1n) is 6.19. The van der Waals surface area contributed by atoms with Crippen LogP contribution in [0.3, 0.4) is 0 Å². The fourth-order valence-electron chi connectivity index (χ4n) is 1.93. The van der Waals surface area contributed by atoms with Gasteiger partial charge in [-0.2, -0.15) is 0 Å². The highest BCUT2D eigenvalue weighted by atomic mass is 32.2. The molecule has 0 radical (unpaired) electrons. The topological polar surface area (TPSA) is 52.1 Å². The van der Waals surface area contributed by atoms with Crippen molar-refractivity contribution in [3.8, 4) is 0 Å². The fourth-order valence-corrected chi connectivity index (χ4v) is 2.71. The van der Waals surface area contributed by atoms with E-state index in [-0.39, 0.29) is 5.69 Å². The van der Waals surface area contributed by atoms with Crippen molar-refractivity contribution >= 4 is 17.7 Å². The second-order valence-electron chi connectivity index (χ2n) is 4.52. The van der Waals surface area contributed by atoms with Crippen molar-refractivity contribution in [3.05, 3.63) is 53.0 Å². The summed E-state index contributed by atoms with van der Waals surface area (Å²) in [5.41, 5.74) is 3.96. The Morgan fingerprint density at radius 1 is 1.20 bits per heavy atom. The molecule has 0 aliphatic carbocycles. The third kappa shape index (κ3) is 3.81. The van der Waals surface area contributed by atoms with E-state index in [1.54, 1.807) is 18.0 Å². The molecule has 0 fully saturated rings. The van der Waals surface area contributed by atoms with E-state index in [9.17, 15) is 4.79 Å². The van der Waals surface area contributed by atoms with Crippen molar-refractivity contribution in [2.24, 2.45) is 0 Å². The molecule has 0 saturated heterocycles. The number of carbonyl (C=O) groups excluding carboxylic acids is 1. The van der Waals surface area contributed by atoms with Crippen molar-refractivity contribution < 1.29 is 9.53 Å². The first kappa shape index (κ1) is 14.5. The highest BCUT2D eigenvalue weighted by Gasteiger charge is 2.09. The van der Waals surface area contributed by atoms with Gasteiger partial charge in [0.15, 0.2) is 5.69 Å². The lowest BCUT2D eigenvalue weighted by molar-refractivity contribution is 0.0592. The van der Waals surface area contributed by atoms with Crippen LogP contribution in [0.5, 0.6) is 0 Å². The predicted octanol–water partition coefficient (Wildman–Crippen LogP) is 3.17. The quantitative estimate of drug-likeness (QED) is 0.639. The molecule has 0 amide bonds. The first-order valence-corrected chi connectivity index (χ1v) is 7.17. The van der Waals surface area contributed by atoms with Gasteiger partial charge >= 0.3 is 5.97 Å². The highest BCUT2D eigenvalue weighted by molar-refractivity contribution is 7.98. The van der Waals surface area contributed by atoms with Crippen LogP contribution in [0.4, 0.5) is 0 Å². The molecule has 4 nitrogen and oxygen atoms in total. The minimum atomic E-state index is -0.466. The smallest absolute Gasteiger partial charge is 0.358 e. The summed E-state index contributed by atoms with van der Waals surface area (Å²) in [5.74, 6) is 0.327. The Balaban J connectivity index is 2.09. The van der Waals surface area contributed by atoms with E-state index in [4.69, 9.17) is 0 Å². The zero-order chi connectivity index (χ0) is 14.5. The summed E-state index contributed by atoms with van der Waals surface area (Å²) in [4.78, 5) is 19.6. The summed E-state index contributed by atoms with van der Waals surface area (Å²) < 4.78 is 4.63. The zero-order valence-electron chi connectivity index (χ0n) is 11.7. The average molecular weight is 288 g/mol. The monoisotopic (exact) mass is 288 g/mol. The molecule has 2 rings (SSSR count). The summed E-state index contributed by atoms with van der Waals surface area (Å²) in [7, 11) is 1.33. The highest BCUT2D eigenvalue weighted by Crippen LogP contribution is 2.22. The number of nitrogens with zero attached hydrogens (tertiary/aromatic N) is 2. The number of hydrogen-bond acceptors (Lipinski definition) is 5. The number of methoxy groups -OCH3 is 1. The number of aryl methyl sites for hydroxylation is 2. The van der Waals surface area contributed by atoms with Crippen molar-refractivity contribution in [1.29, 1.82) is 0 Å². The number of aromatic nitrogens is 2. The van der Waals surface area contributed by atoms with Gasteiger partial charge in [0.1, 0.15) is 5.03 Å². The number of esters is 1. The molecule has 0 unspecified atom stereocenters. The maximum absolute atomic E-state index is 11.4. The molecule has 1 heterocycles. The number of benzene rings is 1. The number of carbonyl (C=O) groups is 1. The summed E-state index contributed by atoms with van der Waals surface area (Å²) >= 11 is 1.55. The van der Waals surface area contributed by atoms with E-state index in [1.807, 2.05) is 0 Å². The van der Waals surface area contributed by atoms with E-state index < -0.39 is 5.97 Å². The summed E-state index contributed by atoms with van der Waals surface area (Å²) in [6.45, 7) is 4.16. The van der Waals surface area contributed by atoms with Crippen molar-refractivity contribution in [2.45, 2.75) is 24.6 Å². The molecule has 2 aromatic rings. The molecule has 5 heteroatoms. The van der Waals surface area contributed by atoms with Crippen LogP contribution in [0.25, 0.3) is 0 Å². The minimum absolute atomic E-state index is 0.234. The van der Waals surface area contributed by atoms with Gasteiger partial charge in [-0.25, -0.2) is 9.78 Å². The molecule has 0 aliphatic heterocycles. The Morgan fingerprint density at radius 3 is 2.55 bits per heavy atom. The van der Waals surface area contributed by atoms with Gasteiger partial charge in [0, 0.05) is 5.75 Å². The Kier molecular flexibility index (Phi) is 4.74. The third-order valence-corrected chi connectivity index (χ3v) is 3.65. The Labute approximate surface area is 122 Å². The van der Waals surface area contributed by atoms with Crippen LogP contribution in [0.2, 0.25) is 0 Å². The number of ether oxygens (including phenoxy) is 1. The number of hydrogen-bond donors (Lipinski definition) is 0. The Bertz CT molecular complexity index is 609. The largest absolute Gasteiger partial charge is 0.464 e. The minimum Gasteiger partial charge on any atom is -0.464 e. The maximum atomic E-state index is 11.4. The maximum Gasteiger partial charge on any atom is 0.358 e. The molecule has 1 aromatic heterocycles. The van der Waals surface area contributed by atoms with Crippen LogP contribution < -0.4 is 0 Å². The zero-order valence-corrected chi connectivity index (χ0v) is 12.5. The lowest BCUT2D eigenvalue weighted by Crippen LogP contribution is -2.05. The Hall–Kier alpha value is -1.88. The summed E-state index contributed by atoms with van der Waals surface area (Å²) in [5, 5.41) is 0.715. The number of thioether (sulfide) groups is 1. The molecule has 20 heavy (non-hydrogen) atoms. The third-order valence-electron chi connectivity index (χ3n) is 2.68. The SMILES string of the molecule is COC(=O)c1cncc(SCc2cc(C)cc(C)c2)n1. The molecular weight excluding hydrogens is 272 g/mol. The molecule has 104 valence electrons. The van der Waals surface area contributed by atoms with Crippen molar-refractivity contribution in [3.63, 3.8) is 0 Å². The van der Waals surface area contributed by atoms with Gasteiger partial charge in [0.05, 0.1) is 19.5 Å². The predicted molar refractivity (Wildman–Crippen MR) is 78.8 cm³/mol. The van der Waals surface area contributed by atoms with E-state index in [2.05, 4.69) is 46.8 Å². The molecule has 0 saturated carbocycles. The second kappa shape index (κ2) is 6.52. The van der Waals surface area contributed by atoms with Gasteiger partial charge in [-0.05, 0) is 19.4 Å². The number of rotatable bonds is 4. The summed E-state index contributed by atoms with van der Waals surface area (Å²) in [6, 6.07) is 6.45. The molecule has 0 bridgehead atoms. The first-order chi connectivity index (χ1) is 9.58. The van der Waals surface area contributed by atoms with Gasteiger partial charge in [-0.3, -0.25) is 4.98 Å². The molecule has 1 aromatic carbocycles. The van der Waals surface area contributed by atoms with Crippen LogP contribution in [0.1, 0.15) is 27.2 Å². The van der Waals surface area contributed by atoms with E-state index in [0.29, 0.717) is 5.03 Å². The van der Waals surface area contributed by atoms with Crippen molar-refractivity contribution in [1.82, 2.24) is 9.97 Å². The molecule has 0 spiro atoms. The average Bonchev–Trinajstić information content (AvgIpc) is 2.43. The second-order valence-corrected chi connectivity index (χ2v) is 5.51. The van der Waals surface area contributed by atoms with Crippen LogP contribution in [0.15, 0.2) is 35.6 Å². The molecular formula is C15H16N2O2S. The van der Waals surface area contributed by atoms with Crippen LogP contribution >= 0.6 is 11.8 Å². The van der Waals surface area contributed by atoms with Gasteiger partial charge < -0.3 is 4.74 Å². The normalized spacial score (nSPS) is 10.3. The Morgan fingerprint density at radius 2 is 1.90 bits per heavy atom.